The van der Waals surface area contributed by atoms with Crippen LogP contribution in [0.3, 0.4) is 0 Å². The lowest BCUT2D eigenvalue weighted by Gasteiger charge is -2.13. The van der Waals surface area contributed by atoms with E-state index in [1.165, 1.54) is 5.57 Å². The minimum atomic E-state index is 0.396. The van der Waals surface area contributed by atoms with E-state index >= 15 is 0 Å². The Morgan fingerprint density at radius 2 is 2.25 bits per heavy atom. The van der Waals surface area contributed by atoms with Crippen molar-refractivity contribution in [3.8, 4) is 0 Å². The van der Waals surface area contributed by atoms with E-state index in [-0.39, 0.29) is 0 Å². The zero-order valence-electron chi connectivity index (χ0n) is 9.85. The standard InChI is InChI=1S/C13H17BrClN/c1-4-16-10(3)9(2)7-11-5-6-12(15)8-13(11)14/h5-8,10,16H,4H2,1-3H3/b9-7+. The highest BCUT2D eigenvalue weighted by molar-refractivity contribution is 9.10. The molecule has 0 heterocycles. The Labute approximate surface area is 111 Å². The number of hydrogen-bond acceptors (Lipinski definition) is 1. The number of benzene rings is 1. The summed E-state index contributed by atoms with van der Waals surface area (Å²) in [5.74, 6) is 0. The van der Waals surface area contributed by atoms with Crippen molar-refractivity contribution in [3.05, 3.63) is 38.8 Å². The SMILES string of the molecule is CCNC(C)/C(C)=C/c1ccc(Cl)cc1Br. The van der Waals surface area contributed by atoms with Crippen LogP contribution in [0.15, 0.2) is 28.2 Å². The van der Waals surface area contributed by atoms with Gasteiger partial charge in [0, 0.05) is 15.5 Å². The molecule has 0 aliphatic carbocycles. The molecule has 1 aromatic carbocycles. The fourth-order valence-electron chi connectivity index (χ4n) is 1.46. The van der Waals surface area contributed by atoms with Crippen LogP contribution in [0.2, 0.25) is 5.02 Å². The molecule has 0 amide bonds. The van der Waals surface area contributed by atoms with E-state index in [4.69, 9.17) is 11.6 Å². The minimum absolute atomic E-state index is 0.396. The van der Waals surface area contributed by atoms with Crippen LogP contribution in [-0.4, -0.2) is 12.6 Å². The molecule has 3 heteroatoms. The van der Waals surface area contributed by atoms with Crippen molar-refractivity contribution in [2.45, 2.75) is 26.8 Å². The molecule has 1 nitrogen and oxygen atoms in total. The first kappa shape index (κ1) is 13.8. The lowest BCUT2D eigenvalue weighted by molar-refractivity contribution is 0.636. The van der Waals surface area contributed by atoms with Crippen LogP contribution in [-0.2, 0) is 0 Å². The van der Waals surface area contributed by atoms with Gasteiger partial charge in [-0.1, -0.05) is 52.2 Å². The molecule has 0 aromatic heterocycles. The van der Waals surface area contributed by atoms with Gasteiger partial charge >= 0.3 is 0 Å². The molecule has 1 aromatic rings. The van der Waals surface area contributed by atoms with Gasteiger partial charge in [-0.15, -0.1) is 0 Å². The van der Waals surface area contributed by atoms with E-state index in [9.17, 15) is 0 Å². The summed E-state index contributed by atoms with van der Waals surface area (Å²) in [7, 11) is 0. The van der Waals surface area contributed by atoms with Crippen molar-refractivity contribution in [1.82, 2.24) is 5.32 Å². The fraction of sp³-hybridized carbons (Fsp3) is 0.385. The Kier molecular flexibility index (Phi) is 5.53. The van der Waals surface area contributed by atoms with Crippen molar-refractivity contribution in [3.63, 3.8) is 0 Å². The normalized spacial score (nSPS) is 13.9. The first-order valence-electron chi connectivity index (χ1n) is 5.41. The molecule has 1 atom stereocenters. The second-order valence-electron chi connectivity index (χ2n) is 3.83. The van der Waals surface area contributed by atoms with Crippen molar-refractivity contribution in [2.75, 3.05) is 6.54 Å². The van der Waals surface area contributed by atoms with Crippen LogP contribution in [0.25, 0.3) is 6.08 Å². The number of likely N-dealkylation sites (N-methyl/N-ethyl adjacent to an activating group) is 1. The quantitative estimate of drug-likeness (QED) is 0.863. The highest BCUT2D eigenvalue weighted by Gasteiger charge is 2.03. The highest BCUT2D eigenvalue weighted by atomic mass is 79.9. The Hall–Kier alpha value is -0.310. The largest absolute Gasteiger partial charge is 0.311 e. The van der Waals surface area contributed by atoms with Gasteiger partial charge in [0.25, 0.3) is 0 Å². The molecule has 0 aliphatic heterocycles. The summed E-state index contributed by atoms with van der Waals surface area (Å²) in [5, 5.41) is 4.14. The number of halogens is 2. The van der Waals surface area contributed by atoms with Gasteiger partial charge in [0.1, 0.15) is 0 Å². The first-order chi connectivity index (χ1) is 7.54. The second-order valence-corrected chi connectivity index (χ2v) is 5.12. The molecule has 0 aliphatic rings. The van der Waals surface area contributed by atoms with Crippen LogP contribution in [0.1, 0.15) is 26.3 Å². The second kappa shape index (κ2) is 6.43. The van der Waals surface area contributed by atoms with Crippen LogP contribution in [0.4, 0.5) is 0 Å². The van der Waals surface area contributed by atoms with Gasteiger partial charge in [-0.25, -0.2) is 0 Å². The van der Waals surface area contributed by atoms with Crippen LogP contribution in [0, 0.1) is 0 Å². The summed E-state index contributed by atoms with van der Waals surface area (Å²) >= 11 is 9.42. The van der Waals surface area contributed by atoms with Crippen molar-refractivity contribution in [1.29, 1.82) is 0 Å². The maximum absolute atomic E-state index is 5.90. The summed E-state index contributed by atoms with van der Waals surface area (Å²) in [6.45, 7) is 7.39. The summed E-state index contributed by atoms with van der Waals surface area (Å²) < 4.78 is 1.03. The summed E-state index contributed by atoms with van der Waals surface area (Å²) in [4.78, 5) is 0. The van der Waals surface area contributed by atoms with Gasteiger partial charge in [0.2, 0.25) is 0 Å². The summed E-state index contributed by atoms with van der Waals surface area (Å²) in [6, 6.07) is 6.24. The van der Waals surface area contributed by atoms with E-state index in [1.807, 2.05) is 18.2 Å². The monoisotopic (exact) mass is 301 g/mol. The zero-order chi connectivity index (χ0) is 12.1. The molecular formula is C13H17BrClN. The molecule has 1 N–H and O–H groups in total. The van der Waals surface area contributed by atoms with Crippen molar-refractivity contribution < 1.29 is 0 Å². The van der Waals surface area contributed by atoms with Gasteiger partial charge in [-0.05, 0) is 38.1 Å². The molecule has 0 fully saturated rings. The molecule has 0 saturated heterocycles. The van der Waals surface area contributed by atoms with Gasteiger partial charge in [-0.3, -0.25) is 0 Å². The topological polar surface area (TPSA) is 12.0 Å². The average molecular weight is 303 g/mol. The van der Waals surface area contributed by atoms with Crippen molar-refractivity contribution in [2.24, 2.45) is 0 Å². The molecule has 0 saturated carbocycles. The van der Waals surface area contributed by atoms with Gasteiger partial charge in [-0.2, -0.15) is 0 Å². The Bertz CT molecular complexity index is 388. The lowest BCUT2D eigenvalue weighted by atomic mass is 10.1. The van der Waals surface area contributed by atoms with Gasteiger partial charge < -0.3 is 5.32 Å². The van der Waals surface area contributed by atoms with E-state index in [0.29, 0.717) is 6.04 Å². The molecule has 1 unspecified atom stereocenters. The third-order valence-electron chi connectivity index (χ3n) is 2.54. The molecule has 0 spiro atoms. The average Bonchev–Trinajstić information content (AvgIpc) is 2.22. The molecule has 0 radical (unpaired) electrons. The van der Waals surface area contributed by atoms with Crippen LogP contribution < -0.4 is 5.32 Å². The van der Waals surface area contributed by atoms with E-state index < -0.39 is 0 Å². The molecule has 0 bridgehead atoms. The number of nitrogens with one attached hydrogen (secondary N) is 1. The van der Waals surface area contributed by atoms with E-state index in [1.54, 1.807) is 0 Å². The van der Waals surface area contributed by atoms with Crippen LogP contribution in [0.5, 0.6) is 0 Å². The lowest BCUT2D eigenvalue weighted by Crippen LogP contribution is -2.26. The number of hydrogen-bond donors (Lipinski definition) is 1. The zero-order valence-corrected chi connectivity index (χ0v) is 12.2. The summed E-state index contributed by atoms with van der Waals surface area (Å²) in [5.41, 5.74) is 2.47. The number of rotatable bonds is 4. The Morgan fingerprint density at radius 3 is 2.81 bits per heavy atom. The Morgan fingerprint density at radius 1 is 1.56 bits per heavy atom. The van der Waals surface area contributed by atoms with Gasteiger partial charge in [0.05, 0.1) is 0 Å². The molecule has 88 valence electrons. The predicted molar refractivity (Wildman–Crippen MR) is 75.9 cm³/mol. The minimum Gasteiger partial charge on any atom is -0.311 e. The summed E-state index contributed by atoms with van der Waals surface area (Å²) in [6.07, 6.45) is 2.17. The van der Waals surface area contributed by atoms with E-state index in [2.05, 4.69) is 48.1 Å². The highest BCUT2D eigenvalue weighted by Crippen LogP contribution is 2.24. The predicted octanol–water partition coefficient (Wildman–Crippen LogP) is 4.50. The maximum Gasteiger partial charge on any atom is 0.0417 e. The fourth-order valence-corrected chi connectivity index (χ4v) is 2.25. The third kappa shape index (κ3) is 3.93. The molecule has 1 rings (SSSR count). The first-order valence-corrected chi connectivity index (χ1v) is 6.58. The van der Waals surface area contributed by atoms with Gasteiger partial charge in [0.15, 0.2) is 0 Å². The molecular weight excluding hydrogens is 286 g/mol. The van der Waals surface area contributed by atoms with E-state index in [0.717, 1.165) is 21.6 Å². The maximum atomic E-state index is 5.90. The van der Waals surface area contributed by atoms with Crippen LogP contribution >= 0.6 is 27.5 Å². The Balaban J connectivity index is 2.89. The molecule has 16 heavy (non-hydrogen) atoms. The van der Waals surface area contributed by atoms with Crippen molar-refractivity contribution >= 4 is 33.6 Å². The smallest absolute Gasteiger partial charge is 0.0417 e. The third-order valence-corrected chi connectivity index (χ3v) is 3.46.